The van der Waals surface area contributed by atoms with Gasteiger partial charge in [-0.3, -0.25) is 0 Å². The lowest BCUT2D eigenvalue weighted by atomic mass is 10.1. The summed E-state index contributed by atoms with van der Waals surface area (Å²) in [6.07, 6.45) is 3.26. The first kappa shape index (κ1) is 13.1. The molecular formula is C13H15ClFN3. The number of nitrogens with zero attached hydrogens (tertiary/aromatic N) is 2. The van der Waals surface area contributed by atoms with Crippen LogP contribution < -0.4 is 5.32 Å². The number of hydrogen-bond donors (Lipinski definition) is 1. The van der Waals surface area contributed by atoms with E-state index in [1.165, 1.54) is 12.1 Å². The predicted molar refractivity (Wildman–Crippen MR) is 70.5 cm³/mol. The van der Waals surface area contributed by atoms with Crippen LogP contribution in [-0.2, 0) is 6.54 Å². The lowest BCUT2D eigenvalue weighted by Crippen LogP contribution is -2.22. The molecule has 0 spiro atoms. The fourth-order valence-corrected chi connectivity index (χ4v) is 1.80. The molecular weight excluding hydrogens is 253 g/mol. The van der Waals surface area contributed by atoms with Crippen LogP contribution in [0.4, 0.5) is 4.39 Å². The highest BCUT2D eigenvalue weighted by molar-refractivity contribution is 6.30. The summed E-state index contributed by atoms with van der Waals surface area (Å²) in [5.74, 6) is -0.252. The molecule has 0 aliphatic heterocycles. The Bertz CT molecular complexity index is 537. The zero-order valence-corrected chi connectivity index (χ0v) is 11.1. The third-order valence-electron chi connectivity index (χ3n) is 2.54. The molecule has 96 valence electrons. The Morgan fingerprint density at radius 1 is 1.44 bits per heavy atom. The highest BCUT2D eigenvalue weighted by Crippen LogP contribution is 2.18. The minimum absolute atomic E-state index is 0.252. The summed E-state index contributed by atoms with van der Waals surface area (Å²) < 4.78 is 15.0. The van der Waals surface area contributed by atoms with Gasteiger partial charge in [-0.2, -0.15) is 5.10 Å². The van der Waals surface area contributed by atoms with Gasteiger partial charge >= 0.3 is 0 Å². The molecule has 0 unspecified atom stereocenters. The lowest BCUT2D eigenvalue weighted by molar-refractivity contribution is 0.578. The van der Waals surface area contributed by atoms with Crippen LogP contribution in [0.5, 0.6) is 0 Å². The van der Waals surface area contributed by atoms with Crippen LogP contribution in [0, 0.1) is 5.82 Å². The van der Waals surface area contributed by atoms with Crippen molar-refractivity contribution in [1.29, 1.82) is 0 Å². The zero-order chi connectivity index (χ0) is 13.1. The molecule has 0 radical (unpaired) electrons. The SMILES string of the molecule is CC(C)NCc1cc(F)ccc1-n1cc(Cl)cn1. The van der Waals surface area contributed by atoms with E-state index in [9.17, 15) is 4.39 Å². The Kier molecular flexibility index (Phi) is 3.99. The van der Waals surface area contributed by atoms with Gasteiger partial charge in [-0.1, -0.05) is 25.4 Å². The number of aromatic nitrogens is 2. The van der Waals surface area contributed by atoms with Crippen LogP contribution in [0.3, 0.4) is 0 Å². The average molecular weight is 268 g/mol. The molecule has 0 bridgehead atoms. The molecule has 1 heterocycles. The van der Waals surface area contributed by atoms with Crippen molar-refractivity contribution < 1.29 is 4.39 Å². The number of benzene rings is 1. The van der Waals surface area contributed by atoms with E-state index in [0.717, 1.165) is 11.3 Å². The number of halogens is 2. The monoisotopic (exact) mass is 267 g/mol. The van der Waals surface area contributed by atoms with E-state index in [0.29, 0.717) is 17.6 Å². The Hall–Kier alpha value is -1.39. The van der Waals surface area contributed by atoms with Crippen LogP contribution in [0.15, 0.2) is 30.6 Å². The van der Waals surface area contributed by atoms with E-state index in [1.54, 1.807) is 23.1 Å². The Morgan fingerprint density at radius 2 is 2.22 bits per heavy atom. The van der Waals surface area contributed by atoms with Crippen LogP contribution in [0.1, 0.15) is 19.4 Å². The van der Waals surface area contributed by atoms with Gasteiger partial charge < -0.3 is 5.32 Å². The molecule has 0 aliphatic carbocycles. The normalized spacial score (nSPS) is 11.2. The lowest BCUT2D eigenvalue weighted by Gasteiger charge is -2.12. The molecule has 0 saturated heterocycles. The van der Waals surface area contributed by atoms with Gasteiger partial charge in [0.2, 0.25) is 0 Å². The highest BCUT2D eigenvalue weighted by atomic mass is 35.5. The topological polar surface area (TPSA) is 29.9 Å². The van der Waals surface area contributed by atoms with Gasteiger partial charge in [-0.05, 0) is 23.8 Å². The second kappa shape index (κ2) is 5.50. The second-order valence-corrected chi connectivity index (χ2v) is 4.85. The largest absolute Gasteiger partial charge is 0.310 e. The standard InChI is InChI=1S/C13H15ClFN3/c1-9(2)16-6-10-5-12(15)3-4-13(10)18-8-11(14)7-17-18/h3-5,7-9,16H,6H2,1-2H3. The van der Waals surface area contributed by atoms with Gasteiger partial charge in [-0.25, -0.2) is 9.07 Å². The maximum atomic E-state index is 13.3. The molecule has 2 rings (SSSR count). The van der Waals surface area contributed by atoms with Crippen LogP contribution in [0.25, 0.3) is 5.69 Å². The van der Waals surface area contributed by atoms with E-state index in [4.69, 9.17) is 11.6 Å². The van der Waals surface area contributed by atoms with Crippen molar-refractivity contribution in [1.82, 2.24) is 15.1 Å². The van der Waals surface area contributed by atoms with Crippen LogP contribution >= 0.6 is 11.6 Å². The smallest absolute Gasteiger partial charge is 0.123 e. The summed E-state index contributed by atoms with van der Waals surface area (Å²) in [5.41, 5.74) is 1.68. The van der Waals surface area contributed by atoms with E-state index in [1.807, 2.05) is 13.8 Å². The first-order valence-corrected chi connectivity index (χ1v) is 6.16. The summed E-state index contributed by atoms with van der Waals surface area (Å²) in [6, 6.07) is 4.97. The van der Waals surface area contributed by atoms with Crippen molar-refractivity contribution in [3.8, 4) is 5.69 Å². The summed E-state index contributed by atoms with van der Waals surface area (Å²) in [6.45, 7) is 4.68. The third kappa shape index (κ3) is 3.09. The fourth-order valence-electron chi connectivity index (χ4n) is 1.67. The van der Waals surface area contributed by atoms with E-state index in [2.05, 4.69) is 10.4 Å². The number of nitrogens with one attached hydrogen (secondary N) is 1. The quantitative estimate of drug-likeness (QED) is 0.922. The van der Waals surface area contributed by atoms with Crippen LogP contribution in [-0.4, -0.2) is 15.8 Å². The molecule has 5 heteroatoms. The first-order chi connectivity index (χ1) is 8.56. The van der Waals surface area contributed by atoms with Gasteiger partial charge in [0.25, 0.3) is 0 Å². The number of rotatable bonds is 4. The summed E-state index contributed by atoms with van der Waals surface area (Å²) in [4.78, 5) is 0. The number of hydrogen-bond acceptors (Lipinski definition) is 2. The summed E-state index contributed by atoms with van der Waals surface area (Å²) >= 11 is 5.85. The van der Waals surface area contributed by atoms with Crippen molar-refractivity contribution in [2.75, 3.05) is 0 Å². The molecule has 0 aliphatic rings. The molecule has 1 aromatic carbocycles. The summed E-state index contributed by atoms with van der Waals surface area (Å²) in [5, 5.41) is 7.96. The Morgan fingerprint density at radius 3 is 2.83 bits per heavy atom. The first-order valence-electron chi connectivity index (χ1n) is 5.78. The van der Waals surface area contributed by atoms with E-state index < -0.39 is 0 Å². The van der Waals surface area contributed by atoms with Gasteiger partial charge in [0.15, 0.2) is 0 Å². The van der Waals surface area contributed by atoms with Crippen molar-refractivity contribution >= 4 is 11.6 Å². The molecule has 1 N–H and O–H groups in total. The Balaban J connectivity index is 2.34. The van der Waals surface area contributed by atoms with Gasteiger partial charge in [0.05, 0.1) is 16.9 Å². The fraction of sp³-hybridized carbons (Fsp3) is 0.308. The van der Waals surface area contributed by atoms with E-state index >= 15 is 0 Å². The third-order valence-corrected chi connectivity index (χ3v) is 2.74. The molecule has 1 aromatic heterocycles. The van der Waals surface area contributed by atoms with Gasteiger partial charge in [0, 0.05) is 18.8 Å². The van der Waals surface area contributed by atoms with Crippen molar-refractivity contribution in [2.45, 2.75) is 26.4 Å². The second-order valence-electron chi connectivity index (χ2n) is 4.41. The molecule has 0 saturated carbocycles. The molecule has 18 heavy (non-hydrogen) atoms. The van der Waals surface area contributed by atoms with E-state index in [-0.39, 0.29) is 5.82 Å². The highest BCUT2D eigenvalue weighted by Gasteiger charge is 2.08. The Labute approximate surface area is 111 Å². The van der Waals surface area contributed by atoms with Crippen LogP contribution in [0.2, 0.25) is 5.02 Å². The maximum Gasteiger partial charge on any atom is 0.123 e. The van der Waals surface area contributed by atoms with Gasteiger partial charge in [0.1, 0.15) is 5.82 Å². The molecule has 2 aromatic rings. The minimum Gasteiger partial charge on any atom is -0.310 e. The average Bonchev–Trinajstić information content (AvgIpc) is 2.73. The molecule has 0 atom stereocenters. The summed E-state index contributed by atoms with van der Waals surface area (Å²) in [7, 11) is 0. The predicted octanol–water partition coefficient (Wildman–Crippen LogP) is 3.16. The minimum atomic E-state index is -0.252. The van der Waals surface area contributed by atoms with Gasteiger partial charge in [-0.15, -0.1) is 0 Å². The molecule has 3 nitrogen and oxygen atoms in total. The van der Waals surface area contributed by atoms with Crippen molar-refractivity contribution in [2.24, 2.45) is 0 Å². The zero-order valence-electron chi connectivity index (χ0n) is 10.3. The molecule has 0 amide bonds. The maximum absolute atomic E-state index is 13.3. The van der Waals surface area contributed by atoms with Crippen molar-refractivity contribution in [3.63, 3.8) is 0 Å². The molecule has 0 fully saturated rings. The van der Waals surface area contributed by atoms with Crippen molar-refractivity contribution in [3.05, 3.63) is 47.0 Å².